The average Bonchev–Trinajstić information content (AvgIpc) is 3.01. The largest absolute Gasteiger partial charge is 0.265 e. The van der Waals surface area contributed by atoms with Crippen LogP contribution < -0.4 is 4.72 Å². The summed E-state index contributed by atoms with van der Waals surface area (Å²) in [5.74, 6) is 0.0432. The van der Waals surface area contributed by atoms with Crippen LogP contribution in [0.15, 0.2) is 71.9 Å². The van der Waals surface area contributed by atoms with Crippen molar-refractivity contribution < 1.29 is 8.42 Å². The van der Waals surface area contributed by atoms with Gasteiger partial charge in [-0.05, 0) is 23.8 Å². The predicted molar refractivity (Wildman–Crippen MR) is 110 cm³/mol. The van der Waals surface area contributed by atoms with Crippen LogP contribution in [0.25, 0.3) is 10.9 Å². The zero-order valence-electron chi connectivity index (χ0n) is 14.4. The molecular formula is C19H14Cl2N4O2S. The van der Waals surface area contributed by atoms with Gasteiger partial charge in [0.25, 0.3) is 10.0 Å². The lowest BCUT2D eigenvalue weighted by atomic mass is 10.2. The number of sulfonamides is 1. The molecule has 9 heteroatoms. The SMILES string of the molecule is O=S(=O)(Nc1nn(Cc2ccccc2Cl)cc1Cl)c1cccc2cccnc12. The number of para-hydroxylation sites is 1. The molecule has 2 heterocycles. The molecule has 6 nitrogen and oxygen atoms in total. The monoisotopic (exact) mass is 432 g/mol. The Labute approximate surface area is 171 Å². The highest BCUT2D eigenvalue weighted by molar-refractivity contribution is 7.93. The lowest BCUT2D eigenvalue weighted by Crippen LogP contribution is -2.15. The van der Waals surface area contributed by atoms with Crippen molar-refractivity contribution in [2.75, 3.05) is 4.72 Å². The van der Waals surface area contributed by atoms with Gasteiger partial charge in [0.05, 0.1) is 12.1 Å². The van der Waals surface area contributed by atoms with E-state index >= 15 is 0 Å². The van der Waals surface area contributed by atoms with E-state index in [0.717, 1.165) is 10.9 Å². The summed E-state index contributed by atoms with van der Waals surface area (Å²) >= 11 is 12.4. The van der Waals surface area contributed by atoms with Crippen molar-refractivity contribution in [2.24, 2.45) is 0 Å². The van der Waals surface area contributed by atoms with E-state index in [0.29, 0.717) is 17.1 Å². The van der Waals surface area contributed by atoms with Crippen molar-refractivity contribution in [3.8, 4) is 0 Å². The van der Waals surface area contributed by atoms with Gasteiger partial charge in [0.1, 0.15) is 9.92 Å². The molecule has 28 heavy (non-hydrogen) atoms. The van der Waals surface area contributed by atoms with Crippen LogP contribution in [0.1, 0.15) is 5.56 Å². The maximum absolute atomic E-state index is 12.9. The highest BCUT2D eigenvalue weighted by Crippen LogP contribution is 2.27. The zero-order chi connectivity index (χ0) is 19.7. The third kappa shape index (κ3) is 3.69. The van der Waals surface area contributed by atoms with Crippen LogP contribution in [0.3, 0.4) is 0 Å². The fraction of sp³-hybridized carbons (Fsp3) is 0.0526. The Hall–Kier alpha value is -2.61. The molecule has 0 radical (unpaired) electrons. The Morgan fingerprint density at radius 2 is 1.75 bits per heavy atom. The minimum absolute atomic E-state index is 0.0432. The van der Waals surface area contributed by atoms with Gasteiger partial charge in [0, 0.05) is 22.8 Å². The first-order valence-electron chi connectivity index (χ1n) is 8.27. The van der Waals surface area contributed by atoms with E-state index in [1.54, 1.807) is 42.7 Å². The van der Waals surface area contributed by atoms with E-state index in [1.807, 2.05) is 18.2 Å². The van der Waals surface area contributed by atoms with Crippen LogP contribution in [0.4, 0.5) is 5.82 Å². The van der Waals surface area contributed by atoms with Gasteiger partial charge in [-0.2, -0.15) is 5.10 Å². The third-order valence-electron chi connectivity index (χ3n) is 4.12. The number of hydrogen-bond acceptors (Lipinski definition) is 4. The molecular weight excluding hydrogens is 419 g/mol. The van der Waals surface area contributed by atoms with Gasteiger partial charge in [-0.3, -0.25) is 14.4 Å². The molecule has 0 bridgehead atoms. The summed E-state index contributed by atoms with van der Waals surface area (Å²) in [5.41, 5.74) is 1.22. The third-order valence-corrected chi connectivity index (χ3v) is 6.14. The molecule has 142 valence electrons. The molecule has 0 saturated heterocycles. The smallest absolute Gasteiger partial charge is 0.265 e. The molecule has 0 atom stereocenters. The van der Waals surface area contributed by atoms with Gasteiger partial charge in [-0.25, -0.2) is 8.42 Å². The topological polar surface area (TPSA) is 76.9 Å². The number of benzene rings is 2. The van der Waals surface area contributed by atoms with E-state index in [-0.39, 0.29) is 15.7 Å². The number of nitrogens with zero attached hydrogens (tertiary/aromatic N) is 3. The first-order valence-corrected chi connectivity index (χ1v) is 10.5. The molecule has 0 unspecified atom stereocenters. The van der Waals surface area contributed by atoms with Crippen molar-refractivity contribution in [3.05, 3.63) is 82.6 Å². The second kappa shape index (κ2) is 7.43. The minimum atomic E-state index is -3.93. The Kier molecular flexibility index (Phi) is 4.97. The van der Waals surface area contributed by atoms with Crippen LogP contribution in [-0.4, -0.2) is 23.2 Å². The summed E-state index contributed by atoms with van der Waals surface area (Å²) in [7, 11) is -3.93. The molecule has 2 aromatic carbocycles. The second-order valence-corrected chi connectivity index (χ2v) is 8.52. The van der Waals surface area contributed by atoms with E-state index in [4.69, 9.17) is 23.2 Å². The van der Waals surface area contributed by atoms with Crippen molar-refractivity contribution in [3.63, 3.8) is 0 Å². The van der Waals surface area contributed by atoms with E-state index in [9.17, 15) is 8.42 Å². The fourth-order valence-electron chi connectivity index (χ4n) is 2.82. The fourth-order valence-corrected chi connectivity index (χ4v) is 4.47. The average molecular weight is 433 g/mol. The van der Waals surface area contributed by atoms with Gasteiger partial charge in [-0.15, -0.1) is 0 Å². The number of hydrogen-bond donors (Lipinski definition) is 1. The number of rotatable bonds is 5. The highest BCUT2D eigenvalue weighted by Gasteiger charge is 2.21. The summed E-state index contributed by atoms with van der Waals surface area (Å²) in [5, 5.41) is 5.75. The molecule has 0 saturated carbocycles. The molecule has 0 aliphatic carbocycles. The van der Waals surface area contributed by atoms with Gasteiger partial charge >= 0.3 is 0 Å². The zero-order valence-corrected chi connectivity index (χ0v) is 16.7. The highest BCUT2D eigenvalue weighted by atomic mass is 35.5. The number of halogens is 2. The van der Waals surface area contributed by atoms with Crippen molar-refractivity contribution in [2.45, 2.75) is 11.4 Å². The van der Waals surface area contributed by atoms with Gasteiger partial charge < -0.3 is 0 Å². The molecule has 2 aromatic heterocycles. The van der Waals surface area contributed by atoms with Crippen LogP contribution in [0.2, 0.25) is 10.0 Å². The molecule has 4 aromatic rings. The molecule has 0 fully saturated rings. The number of fused-ring (bicyclic) bond motifs is 1. The molecule has 4 rings (SSSR count). The molecule has 0 spiro atoms. The van der Waals surface area contributed by atoms with Gasteiger partial charge in [0.2, 0.25) is 0 Å². The predicted octanol–water partition coefficient (Wildman–Crippen LogP) is 4.59. The number of pyridine rings is 1. The normalized spacial score (nSPS) is 11.6. The Balaban J connectivity index is 1.65. The number of nitrogens with one attached hydrogen (secondary N) is 1. The first kappa shape index (κ1) is 18.7. The van der Waals surface area contributed by atoms with Gasteiger partial charge in [-0.1, -0.05) is 59.6 Å². The lowest BCUT2D eigenvalue weighted by molar-refractivity contribution is 0.601. The standard InChI is InChI=1S/C19H14Cl2N4O2S/c20-15-8-2-1-5-14(15)11-25-12-16(21)19(23-25)24-28(26,27)17-9-3-6-13-7-4-10-22-18(13)17/h1-10,12H,11H2,(H,23,24). The summed E-state index contributed by atoms with van der Waals surface area (Å²) in [6, 6.07) is 15.8. The first-order chi connectivity index (χ1) is 13.4. The van der Waals surface area contributed by atoms with Crippen LogP contribution >= 0.6 is 23.2 Å². The van der Waals surface area contributed by atoms with E-state index in [1.165, 1.54) is 10.7 Å². The van der Waals surface area contributed by atoms with E-state index < -0.39 is 10.0 Å². The Bertz CT molecular complexity index is 1270. The Morgan fingerprint density at radius 3 is 2.57 bits per heavy atom. The van der Waals surface area contributed by atoms with E-state index in [2.05, 4.69) is 14.8 Å². The summed E-state index contributed by atoms with van der Waals surface area (Å²) in [6.07, 6.45) is 3.09. The van der Waals surface area contributed by atoms with Crippen LogP contribution in [-0.2, 0) is 16.6 Å². The quantitative estimate of drug-likeness (QED) is 0.500. The van der Waals surface area contributed by atoms with Crippen molar-refractivity contribution in [1.29, 1.82) is 0 Å². The Morgan fingerprint density at radius 1 is 0.964 bits per heavy atom. The second-order valence-electron chi connectivity index (χ2n) is 6.05. The van der Waals surface area contributed by atoms with Crippen LogP contribution in [0.5, 0.6) is 0 Å². The molecule has 0 amide bonds. The minimum Gasteiger partial charge on any atom is -0.265 e. The maximum Gasteiger partial charge on any atom is 0.265 e. The summed E-state index contributed by atoms with van der Waals surface area (Å²) < 4.78 is 29.8. The van der Waals surface area contributed by atoms with Crippen molar-refractivity contribution >= 4 is 49.9 Å². The van der Waals surface area contributed by atoms with Gasteiger partial charge in [0.15, 0.2) is 5.82 Å². The van der Waals surface area contributed by atoms with Crippen molar-refractivity contribution in [1.82, 2.24) is 14.8 Å². The molecule has 1 N–H and O–H groups in total. The number of aromatic nitrogens is 3. The lowest BCUT2D eigenvalue weighted by Gasteiger charge is -2.08. The maximum atomic E-state index is 12.9. The molecule has 0 aliphatic rings. The summed E-state index contributed by atoms with van der Waals surface area (Å²) in [6.45, 7) is 0.358. The number of anilines is 1. The molecule has 0 aliphatic heterocycles. The van der Waals surface area contributed by atoms with Crippen LogP contribution in [0, 0.1) is 0 Å². The summed E-state index contributed by atoms with van der Waals surface area (Å²) in [4.78, 5) is 4.25.